The number of rotatable bonds is 5. The first-order chi connectivity index (χ1) is 10.0. The van der Waals surface area contributed by atoms with Gasteiger partial charge in [-0.1, -0.05) is 19.1 Å². The third-order valence-corrected chi connectivity index (χ3v) is 4.48. The maximum atomic E-state index is 13.3. The quantitative estimate of drug-likeness (QED) is 0.906. The summed E-state index contributed by atoms with van der Waals surface area (Å²) in [5.74, 6) is -1.11. The zero-order valence-electron chi connectivity index (χ0n) is 12.8. The van der Waals surface area contributed by atoms with Crippen LogP contribution in [0.25, 0.3) is 0 Å². The Morgan fingerprint density at radius 1 is 1.52 bits per heavy atom. The third kappa shape index (κ3) is 4.03. The lowest BCUT2D eigenvalue weighted by atomic mass is 9.94. The van der Waals surface area contributed by atoms with Crippen molar-refractivity contribution in [2.75, 3.05) is 13.1 Å². The Kier molecular flexibility index (Phi) is 5.34. The van der Waals surface area contributed by atoms with Crippen molar-refractivity contribution >= 4 is 5.97 Å². The lowest BCUT2D eigenvalue weighted by Gasteiger charge is -2.36. The van der Waals surface area contributed by atoms with E-state index in [-0.39, 0.29) is 11.7 Å². The SMILES string of the molecule is CCC(Cc1ccc(F)c(C)c1)N1CCCC(C(=O)O)C1. The minimum absolute atomic E-state index is 0.171. The largest absolute Gasteiger partial charge is 0.481 e. The molecule has 1 aromatic rings. The molecule has 0 bridgehead atoms. The van der Waals surface area contributed by atoms with Gasteiger partial charge in [0.15, 0.2) is 0 Å². The molecule has 1 saturated heterocycles. The molecule has 1 aliphatic heterocycles. The van der Waals surface area contributed by atoms with E-state index in [4.69, 9.17) is 0 Å². The molecule has 1 heterocycles. The number of likely N-dealkylation sites (tertiary alicyclic amines) is 1. The molecule has 0 saturated carbocycles. The van der Waals surface area contributed by atoms with Crippen molar-refractivity contribution in [3.05, 3.63) is 35.1 Å². The van der Waals surface area contributed by atoms with Crippen LogP contribution in [0.15, 0.2) is 18.2 Å². The van der Waals surface area contributed by atoms with Gasteiger partial charge in [-0.25, -0.2) is 4.39 Å². The summed E-state index contributed by atoms with van der Waals surface area (Å²) in [5.41, 5.74) is 1.79. The Morgan fingerprint density at radius 3 is 2.90 bits per heavy atom. The molecular formula is C17H24FNO2. The molecule has 0 aliphatic carbocycles. The molecule has 4 heteroatoms. The van der Waals surface area contributed by atoms with E-state index >= 15 is 0 Å². The van der Waals surface area contributed by atoms with Crippen LogP contribution in [0, 0.1) is 18.7 Å². The van der Waals surface area contributed by atoms with E-state index in [2.05, 4.69) is 11.8 Å². The second-order valence-electron chi connectivity index (χ2n) is 6.02. The summed E-state index contributed by atoms with van der Waals surface area (Å²) in [7, 11) is 0. The standard InChI is InChI=1S/C17H24FNO2/c1-3-15(10-13-6-7-16(18)12(2)9-13)19-8-4-5-14(11-19)17(20)21/h6-7,9,14-15H,3-5,8,10-11H2,1-2H3,(H,20,21). The maximum Gasteiger partial charge on any atom is 0.307 e. The fourth-order valence-electron chi connectivity index (χ4n) is 3.18. The highest BCUT2D eigenvalue weighted by Gasteiger charge is 2.28. The van der Waals surface area contributed by atoms with Gasteiger partial charge < -0.3 is 5.11 Å². The number of aryl methyl sites for hydroxylation is 1. The van der Waals surface area contributed by atoms with E-state index in [1.54, 1.807) is 6.92 Å². The van der Waals surface area contributed by atoms with Gasteiger partial charge >= 0.3 is 5.97 Å². The number of nitrogens with zero attached hydrogens (tertiary/aromatic N) is 1. The number of hydrogen-bond acceptors (Lipinski definition) is 2. The molecule has 1 aromatic carbocycles. The number of carboxylic acids is 1. The van der Waals surface area contributed by atoms with E-state index in [0.29, 0.717) is 18.2 Å². The fourth-order valence-corrected chi connectivity index (χ4v) is 3.18. The van der Waals surface area contributed by atoms with Crippen LogP contribution in [0.1, 0.15) is 37.3 Å². The Hall–Kier alpha value is -1.42. The highest BCUT2D eigenvalue weighted by Crippen LogP contribution is 2.22. The van der Waals surface area contributed by atoms with Crippen molar-refractivity contribution in [1.82, 2.24) is 4.90 Å². The molecule has 1 N–H and O–H groups in total. The summed E-state index contributed by atoms with van der Waals surface area (Å²) in [6.45, 7) is 5.50. The molecule has 0 amide bonds. The van der Waals surface area contributed by atoms with Crippen LogP contribution in [0.2, 0.25) is 0 Å². The van der Waals surface area contributed by atoms with E-state index in [9.17, 15) is 14.3 Å². The summed E-state index contributed by atoms with van der Waals surface area (Å²) < 4.78 is 13.3. The molecule has 21 heavy (non-hydrogen) atoms. The van der Waals surface area contributed by atoms with Crippen molar-refractivity contribution in [3.8, 4) is 0 Å². The molecule has 2 atom stereocenters. The number of hydrogen-bond donors (Lipinski definition) is 1. The van der Waals surface area contributed by atoms with Crippen molar-refractivity contribution in [2.45, 2.75) is 45.6 Å². The molecule has 2 unspecified atom stereocenters. The zero-order chi connectivity index (χ0) is 15.4. The molecule has 0 aromatic heterocycles. The Labute approximate surface area is 125 Å². The van der Waals surface area contributed by atoms with E-state index in [1.807, 2.05) is 12.1 Å². The van der Waals surface area contributed by atoms with Crippen molar-refractivity contribution in [2.24, 2.45) is 5.92 Å². The van der Waals surface area contributed by atoms with Crippen LogP contribution in [0.5, 0.6) is 0 Å². The summed E-state index contributed by atoms with van der Waals surface area (Å²) in [6.07, 6.45) is 3.54. The Morgan fingerprint density at radius 2 is 2.29 bits per heavy atom. The first-order valence-corrected chi connectivity index (χ1v) is 7.73. The molecule has 116 valence electrons. The van der Waals surface area contributed by atoms with Gasteiger partial charge in [0.05, 0.1) is 5.92 Å². The minimum Gasteiger partial charge on any atom is -0.481 e. The van der Waals surface area contributed by atoms with Gasteiger partial charge in [-0.15, -0.1) is 0 Å². The topological polar surface area (TPSA) is 40.5 Å². The normalized spacial score (nSPS) is 21.2. The molecule has 3 nitrogen and oxygen atoms in total. The van der Waals surface area contributed by atoms with Crippen LogP contribution < -0.4 is 0 Å². The van der Waals surface area contributed by atoms with Crippen molar-refractivity contribution in [3.63, 3.8) is 0 Å². The van der Waals surface area contributed by atoms with Gasteiger partial charge in [0.25, 0.3) is 0 Å². The predicted octanol–water partition coefficient (Wildman–Crippen LogP) is 3.25. The first kappa shape index (κ1) is 16.0. The number of halogens is 1. The molecule has 1 aliphatic rings. The van der Waals surface area contributed by atoms with Gasteiger partial charge in [0.2, 0.25) is 0 Å². The minimum atomic E-state index is -0.688. The Bertz CT molecular complexity index is 504. The van der Waals surface area contributed by atoms with Crippen LogP contribution in [-0.4, -0.2) is 35.1 Å². The highest BCUT2D eigenvalue weighted by atomic mass is 19.1. The first-order valence-electron chi connectivity index (χ1n) is 7.73. The van der Waals surface area contributed by atoms with Gasteiger partial charge in [-0.05, 0) is 56.3 Å². The van der Waals surface area contributed by atoms with E-state index in [1.165, 1.54) is 6.07 Å². The average molecular weight is 293 g/mol. The third-order valence-electron chi connectivity index (χ3n) is 4.48. The van der Waals surface area contributed by atoms with Crippen LogP contribution in [0.4, 0.5) is 4.39 Å². The monoisotopic (exact) mass is 293 g/mol. The Balaban J connectivity index is 2.05. The molecule has 2 rings (SSSR count). The average Bonchev–Trinajstić information content (AvgIpc) is 2.48. The predicted molar refractivity (Wildman–Crippen MR) is 80.9 cm³/mol. The van der Waals surface area contributed by atoms with Crippen molar-refractivity contribution in [1.29, 1.82) is 0 Å². The molecule has 0 radical (unpaired) electrons. The van der Waals surface area contributed by atoms with E-state index in [0.717, 1.165) is 37.8 Å². The van der Waals surface area contributed by atoms with Crippen LogP contribution in [-0.2, 0) is 11.2 Å². The summed E-state index contributed by atoms with van der Waals surface area (Å²) in [6, 6.07) is 5.59. The fraction of sp³-hybridized carbons (Fsp3) is 0.588. The summed E-state index contributed by atoms with van der Waals surface area (Å²) in [5, 5.41) is 9.20. The molecule has 1 fully saturated rings. The lowest BCUT2D eigenvalue weighted by molar-refractivity contribution is -0.143. The van der Waals surface area contributed by atoms with Crippen LogP contribution >= 0.6 is 0 Å². The second kappa shape index (κ2) is 7.03. The number of benzene rings is 1. The number of aliphatic carboxylic acids is 1. The number of carbonyl (C=O) groups is 1. The molecular weight excluding hydrogens is 269 g/mol. The van der Waals surface area contributed by atoms with Gasteiger partial charge in [0.1, 0.15) is 5.82 Å². The summed E-state index contributed by atoms with van der Waals surface area (Å²) in [4.78, 5) is 13.5. The lowest BCUT2D eigenvalue weighted by Crippen LogP contribution is -2.45. The van der Waals surface area contributed by atoms with Crippen LogP contribution in [0.3, 0.4) is 0 Å². The number of piperidine rings is 1. The highest BCUT2D eigenvalue weighted by molar-refractivity contribution is 5.70. The summed E-state index contributed by atoms with van der Waals surface area (Å²) >= 11 is 0. The maximum absolute atomic E-state index is 13.3. The smallest absolute Gasteiger partial charge is 0.307 e. The zero-order valence-corrected chi connectivity index (χ0v) is 12.8. The second-order valence-corrected chi connectivity index (χ2v) is 6.02. The van der Waals surface area contributed by atoms with Gasteiger partial charge in [-0.3, -0.25) is 9.69 Å². The van der Waals surface area contributed by atoms with E-state index < -0.39 is 5.97 Å². The molecule has 0 spiro atoms. The number of carboxylic acid groups (broad SMARTS) is 1. The van der Waals surface area contributed by atoms with Gasteiger partial charge in [-0.2, -0.15) is 0 Å². The van der Waals surface area contributed by atoms with Crippen molar-refractivity contribution < 1.29 is 14.3 Å². The van der Waals surface area contributed by atoms with Gasteiger partial charge in [0, 0.05) is 12.6 Å².